The third-order valence-corrected chi connectivity index (χ3v) is 2.45. The molecule has 84 valence electrons. The first-order valence-corrected chi connectivity index (χ1v) is 5.36. The summed E-state index contributed by atoms with van der Waals surface area (Å²) in [4.78, 5) is 0. The van der Waals surface area contributed by atoms with Crippen LogP contribution in [0.2, 0.25) is 0 Å². The number of hydrogen-bond acceptors (Lipinski definition) is 3. The molecule has 0 saturated carbocycles. The SMILES string of the molecule is c1ccc(Cn2cc(-n3cccn3)nn2)cc1. The summed E-state index contributed by atoms with van der Waals surface area (Å²) in [6, 6.07) is 12.0. The summed E-state index contributed by atoms with van der Waals surface area (Å²) in [5.74, 6) is 0.728. The van der Waals surface area contributed by atoms with Gasteiger partial charge < -0.3 is 0 Å². The minimum Gasteiger partial charge on any atom is -0.246 e. The molecule has 0 radical (unpaired) electrons. The van der Waals surface area contributed by atoms with Gasteiger partial charge in [-0.25, -0.2) is 9.36 Å². The molecule has 0 bridgehead atoms. The maximum Gasteiger partial charge on any atom is 0.195 e. The van der Waals surface area contributed by atoms with Gasteiger partial charge in [-0.05, 0) is 11.6 Å². The zero-order valence-corrected chi connectivity index (χ0v) is 9.14. The van der Waals surface area contributed by atoms with Crippen molar-refractivity contribution in [2.45, 2.75) is 6.54 Å². The molecule has 0 atom stereocenters. The fourth-order valence-corrected chi connectivity index (χ4v) is 1.65. The number of hydrogen-bond donors (Lipinski definition) is 0. The van der Waals surface area contributed by atoms with Crippen molar-refractivity contribution in [2.24, 2.45) is 0 Å². The first kappa shape index (κ1) is 9.77. The van der Waals surface area contributed by atoms with Gasteiger partial charge in [-0.15, -0.1) is 5.10 Å². The van der Waals surface area contributed by atoms with Crippen molar-refractivity contribution < 1.29 is 0 Å². The minimum atomic E-state index is 0.717. The summed E-state index contributed by atoms with van der Waals surface area (Å²) in [7, 11) is 0. The monoisotopic (exact) mass is 225 g/mol. The smallest absolute Gasteiger partial charge is 0.195 e. The Hall–Kier alpha value is -2.43. The Morgan fingerprint density at radius 2 is 1.94 bits per heavy atom. The molecule has 2 aromatic heterocycles. The second-order valence-corrected chi connectivity index (χ2v) is 3.71. The van der Waals surface area contributed by atoms with Crippen LogP contribution >= 0.6 is 0 Å². The predicted molar refractivity (Wildman–Crippen MR) is 62.7 cm³/mol. The van der Waals surface area contributed by atoms with Crippen LogP contribution in [0.4, 0.5) is 0 Å². The molecule has 0 N–H and O–H groups in total. The molecule has 5 nitrogen and oxygen atoms in total. The van der Waals surface area contributed by atoms with Crippen molar-refractivity contribution in [3.8, 4) is 5.82 Å². The summed E-state index contributed by atoms with van der Waals surface area (Å²) < 4.78 is 3.49. The van der Waals surface area contributed by atoms with E-state index in [-0.39, 0.29) is 0 Å². The topological polar surface area (TPSA) is 48.5 Å². The maximum absolute atomic E-state index is 4.11. The molecule has 0 amide bonds. The van der Waals surface area contributed by atoms with Gasteiger partial charge in [0.1, 0.15) is 0 Å². The van der Waals surface area contributed by atoms with E-state index in [1.165, 1.54) is 5.56 Å². The summed E-state index contributed by atoms with van der Waals surface area (Å²) in [5, 5.41) is 12.2. The van der Waals surface area contributed by atoms with Gasteiger partial charge in [0.2, 0.25) is 0 Å². The summed E-state index contributed by atoms with van der Waals surface area (Å²) in [6.07, 6.45) is 5.44. The molecule has 3 rings (SSSR count). The lowest BCUT2D eigenvalue weighted by Crippen LogP contribution is -1.99. The predicted octanol–water partition coefficient (Wildman–Crippen LogP) is 1.51. The van der Waals surface area contributed by atoms with Crippen LogP contribution in [-0.2, 0) is 6.54 Å². The molecular formula is C12H11N5. The standard InChI is InChI=1S/C12H11N5/c1-2-5-11(6-3-1)9-16-10-12(14-15-16)17-8-4-7-13-17/h1-8,10H,9H2. The van der Waals surface area contributed by atoms with Crippen LogP contribution in [0.3, 0.4) is 0 Å². The Bertz CT molecular complexity index is 582. The van der Waals surface area contributed by atoms with Crippen LogP contribution in [0, 0.1) is 0 Å². The molecule has 0 fully saturated rings. The average Bonchev–Trinajstić information content (AvgIpc) is 3.00. The lowest BCUT2D eigenvalue weighted by molar-refractivity contribution is 0.649. The highest BCUT2D eigenvalue weighted by atomic mass is 15.5. The lowest BCUT2D eigenvalue weighted by Gasteiger charge is -1.99. The number of rotatable bonds is 3. The Morgan fingerprint density at radius 1 is 1.06 bits per heavy atom. The number of nitrogens with zero attached hydrogens (tertiary/aromatic N) is 5. The molecule has 0 spiro atoms. The molecule has 5 heteroatoms. The van der Waals surface area contributed by atoms with Crippen LogP contribution < -0.4 is 0 Å². The van der Waals surface area contributed by atoms with Crippen LogP contribution in [0.15, 0.2) is 55.0 Å². The van der Waals surface area contributed by atoms with E-state index in [9.17, 15) is 0 Å². The first-order chi connectivity index (χ1) is 8.42. The normalized spacial score (nSPS) is 10.6. The second kappa shape index (κ2) is 4.21. The van der Waals surface area contributed by atoms with Gasteiger partial charge in [-0.3, -0.25) is 0 Å². The van der Waals surface area contributed by atoms with Crippen molar-refractivity contribution >= 4 is 0 Å². The third-order valence-electron chi connectivity index (χ3n) is 2.45. The zero-order valence-electron chi connectivity index (χ0n) is 9.14. The molecule has 0 unspecified atom stereocenters. The molecule has 0 saturated heterocycles. The molecular weight excluding hydrogens is 214 g/mol. The zero-order chi connectivity index (χ0) is 11.5. The molecule has 0 aliphatic rings. The van der Waals surface area contributed by atoms with Crippen LogP contribution in [0.25, 0.3) is 5.82 Å². The van der Waals surface area contributed by atoms with Crippen LogP contribution in [-0.4, -0.2) is 24.8 Å². The fraction of sp³-hybridized carbons (Fsp3) is 0.0833. The van der Waals surface area contributed by atoms with E-state index in [2.05, 4.69) is 27.5 Å². The van der Waals surface area contributed by atoms with Gasteiger partial charge in [-0.2, -0.15) is 5.10 Å². The maximum atomic E-state index is 4.11. The Balaban J connectivity index is 1.82. The van der Waals surface area contributed by atoms with Crippen molar-refractivity contribution in [3.63, 3.8) is 0 Å². The molecule has 3 aromatic rings. The van der Waals surface area contributed by atoms with Gasteiger partial charge in [0.15, 0.2) is 5.82 Å². The van der Waals surface area contributed by atoms with E-state index >= 15 is 0 Å². The van der Waals surface area contributed by atoms with Gasteiger partial charge >= 0.3 is 0 Å². The summed E-state index contributed by atoms with van der Waals surface area (Å²) >= 11 is 0. The van der Waals surface area contributed by atoms with E-state index < -0.39 is 0 Å². The molecule has 0 aliphatic carbocycles. The van der Waals surface area contributed by atoms with Crippen molar-refractivity contribution in [1.82, 2.24) is 24.8 Å². The minimum absolute atomic E-state index is 0.717. The molecule has 17 heavy (non-hydrogen) atoms. The largest absolute Gasteiger partial charge is 0.246 e. The van der Waals surface area contributed by atoms with E-state index in [1.807, 2.05) is 36.7 Å². The highest BCUT2D eigenvalue weighted by molar-refractivity contribution is 5.17. The van der Waals surface area contributed by atoms with Gasteiger partial charge in [0.05, 0.1) is 12.7 Å². The number of benzene rings is 1. The van der Waals surface area contributed by atoms with Gasteiger partial charge in [0, 0.05) is 12.4 Å². The Labute approximate surface area is 98.3 Å². The lowest BCUT2D eigenvalue weighted by atomic mass is 10.2. The summed E-state index contributed by atoms with van der Waals surface area (Å²) in [5.41, 5.74) is 1.20. The Kier molecular flexibility index (Phi) is 2.42. The van der Waals surface area contributed by atoms with Gasteiger partial charge in [0.25, 0.3) is 0 Å². The van der Waals surface area contributed by atoms with E-state index in [0.717, 1.165) is 12.4 Å². The van der Waals surface area contributed by atoms with Gasteiger partial charge in [-0.1, -0.05) is 35.5 Å². The van der Waals surface area contributed by atoms with E-state index in [1.54, 1.807) is 15.6 Å². The van der Waals surface area contributed by atoms with E-state index in [0.29, 0.717) is 0 Å². The molecule has 2 heterocycles. The summed E-state index contributed by atoms with van der Waals surface area (Å²) in [6.45, 7) is 0.717. The third kappa shape index (κ3) is 2.08. The van der Waals surface area contributed by atoms with Crippen LogP contribution in [0.1, 0.15) is 5.56 Å². The van der Waals surface area contributed by atoms with Crippen LogP contribution in [0.5, 0.6) is 0 Å². The van der Waals surface area contributed by atoms with Crippen molar-refractivity contribution in [3.05, 3.63) is 60.6 Å². The highest BCUT2D eigenvalue weighted by Crippen LogP contribution is 2.04. The van der Waals surface area contributed by atoms with E-state index in [4.69, 9.17) is 0 Å². The highest BCUT2D eigenvalue weighted by Gasteiger charge is 2.02. The average molecular weight is 225 g/mol. The number of aromatic nitrogens is 5. The fourth-order valence-electron chi connectivity index (χ4n) is 1.65. The second-order valence-electron chi connectivity index (χ2n) is 3.71. The molecule has 1 aromatic carbocycles. The first-order valence-electron chi connectivity index (χ1n) is 5.36. The Morgan fingerprint density at radius 3 is 2.71 bits per heavy atom. The van der Waals surface area contributed by atoms with Crippen molar-refractivity contribution in [1.29, 1.82) is 0 Å². The quantitative estimate of drug-likeness (QED) is 0.679. The molecule has 0 aliphatic heterocycles. The van der Waals surface area contributed by atoms with Crippen molar-refractivity contribution in [2.75, 3.05) is 0 Å².